The van der Waals surface area contributed by atoms with E-state index in [1.807, 2.05) is 18.4 Å². The first kappa shape index (κ1) is 14.3. The summed E-state index contributed by atoms with van der Waals surface area (Å²) in [6.45, 7) is 0. The minimum Gasteiger partial charge on any atom is -0.271 e. The maximum Gasteiger partial charge on any atom is 0.389 e. The second-order valence-corrected chi connectivity index (χ2v) is 4.53. The average molecular weight is 264 g/mol. The van der Waals surface area contributed by atoms with Gasteiger partial charge in [0.25, 0.3) is 0 Å². The van der Waals surface area contributed by atoms with Gasteiger partial charge in [-0.05, 0) is 30.4 Å². The first-order valence-electron chi connectivity index (χ1n) is 5.13. The molecule has 1 aromatic rings. The molecule has 96 valence electrons. The Morgan fingerprint density at radius 1 is 1.29 bits per heavy atom. The summed E-state index contributed by atoms with van der Waals surface area (Å²) in [6, 6.07) is 6.88. The van der Waals surface area contributed by atoms with Gasteiger partial charge >= 0.3 is 6.18 Å². The van der Waals surface area contributed by atoms with Crippen LogP contribution in [0.2, 0.25) is 0 Å². The van der Waals surface area contributed by atoms with E-state index >= 15 is 0 Å². The minimum atomic E-state index is -4.14. The lowest BCUT2D eigenvalue weighted by molar-refractivity contribution is -0.136. The molecule has 0 saturated carbocycles. The van der Waals surface area contributed by atoms with E-state index in [4.69, 9.17) is 5.84 Å². The topological polar surface area (TPSA) is 38.0 Å². The zero-order valence-corrected chi connectivity index (χ0v) is 10.2. The molecule has 0 bridgehead atoms. The van der Waals surface area contributed by atoms with Gasteiger partial charge in [0.05, 0.1) is 0 Å². The van der Waals surface area contributed by atoms with Crippen molar-refractivity contribution >= 4 is 11.8 Å². The van der Waals surface area contributed by atoms with Crippen LogP contribution in [-0.4, -0.2) is 12.4 Å². The second kappa shape index (κ2) is 6.28. The van der Waals surface area contributed by atoms with Gasteiger partial charge in [-0.1, -0.05) is 12.1 Å². The van der Waals surface area contributed by atoms with E-state index in [0.29, 0.717) is 0 Å². The quantitative estimate of drug-likeness (QED) is 0.487. The fourth-order valence-corrected chi connectivity index (χ4v) is 1.90. The summed E-state index contributed by atoms with van der Waals surface area (Å²) in [5, 5.41) is 0. The number of halogens is 3. The monoisotopic (exact) mass is 264 g/mol. The van der Waals surface area contributed by atoms with Gasteiger partial charge in [0.1, 0.15) is 0 Å². The van der Waals surface area contributed by atoms with Crippen LogP contribution in [0, 0.1) is 0 Å². The fraction of sp³-hybridized carbons (Fsp3) is 0.455. The van der Waals surface area contributed by atoms with Crippen molar-refractivity contribution in [3.63, 3.8) is 0 Å². The zero-order chi connectivity index (χ0) is 12.9. The lowest BCUT2D eigenvalue weighted by Crippen LogP contribution is -2.29. The average Bonchev–Trinajstić information content (AvgIpc) is 2.29. The van der Waals surface area contributed by atoms with E-state index in [9.17, 15) is 13.2 Å². The predicted octanol–water partition coefficient (Wildman–Crippen LogP) is 3.26. The molecule has 0 saturated heterocycles. The van der Waals surface area contributed by atoms with Crippen LogP contribution in [0.1, 0.15) is 24.4 Å². The predicted molar refractivity (Wildman–Crippen MR) is 63.6 cm³/mol. The molecule has 3 N–H and O–H groups in total. The number of hydrazine groups is 1. The van der Waals surface area contributed by atoms with Crippen LogP contribution in [0.15, 0.2) is 29.2 Å². The first-order valence-corrected chi connectivity index (χ1v) is 6.35. The van der Waals surface area contributed by atoms with Gasteiger partial charge < -0.3 is 0 Å². The summed E-state index contributed by atoms with van der Waals surface area (Å²) in [5.74, 6) is 5.28. The highest BCUT2D eigenvalue weighted by atomic mass is 32.2. The van der Waals surface area contributed by atoms with Gasteiger partial charge in [0, 0.05) is 17.4 Å². The van der Waals surface area contributed by atoms with Gasteiger partial charge in [0.15, 0.2) is 0 Å². The molecule has 0 radical (unpaired) electrons. The Morgan fingerprint density at radius 3 is 2.29 bits per heavy atom. The molecule has 1 unspecified atom stereocenters. The van der Waals surface area contributed by atoms with Crippen LogP contribution >= 0.6 is 11.8 Å². The third-order valence-corrected chi connectivity index (χ3v) is 3.18. The van der Waals surface area contributed by atoms with Crippen molar-refractivity contribution in [3.8, 4) is 0 Å². The van der Waals surface area contributed by atoms with E-state index in [2.05, 4.69) is 5.43 Å². The molecule has 0 aliphatic rings. The summed E-state index contributed by atoms with van der Waals surface area (Å²) in [6.07, 6.45) is -3.10. The number of hydrogen-bond acceptors (Lipinski definition) is 3. The molecule has 0 amide bonds. The maximum atomic E-state index is 12.1. The summed E-state index contributed by atoms with van der Waals surface area (Å²) in [4.78, 5) is 1.07. The Morgan fingerprint density at radius 2 is 1.88 bits per heavy atom. The van der Waals surface area contributed by atoms with Gasteiger partial charge in [-0.15, -0.1) is 11.8 Å². The summed E-state index contributed by atoms with van der Waals surface area (Å²) in [7, 11) is 0. The van der Waals surface area contributed by atoms with E-state index in [1.165, 1.54) is 0 Å². The first-order chi connectivity index (χ1) is 7.96. The van der Waals surface area contributed by atoms with E-state index in [0.717, 1.165) is 10.5 Å². The summed E-state index contributed by atoms with van der Waals surface area (Å²) >= 11 is 1.58. The van der Waals surface area contributed by atoms with Gasteiger partial charge in [-0.25, -0.2) is 0 Å². The normalized spacial score (nSPS) is 13.7. The Labute approximate surface area is 103 Å². The van der Waals surface area contributed by atoms with Gasteiger partial charge in [0.2, 0.25) is 0 Å². The third kappa shape index (κ3) is 4.97. The van der Waals surface area contributed by atoms with Crippen molar-refractivity contribution in [1.29, 1.82) is 0 Å². The second-order valence-electron chi connectivity index (χ2n) is 3.65. The van der Waals surface area contributed by atoms with Crippen LogP contribution in [0.4, 0.5) is 13.2 Å². The summed E-state index contributed by atoms with van der Waals surface area (Å²) in [5.41, 5.74) is 3.19. The molecule has 0 fully saturated rings. The zero-order valence-electron chi connectivity index (χ0n) is 9.42. The van der Waals surface area contributed by atoms with Crippen molar-refractivity contribution in [2.24, 2.45) is 5.84 Å². The van der Waals surface area contributed by atoms with Crippen molar-refractivity contribution in [1.82, 2.24) is 5.43 Å². The SMILES string of the molecule is CSc1ccc(C(CCC(F)(F)F)NN)cc1. The molecule has 1 atom stereocenters. The van der Waals surface area contributed by atoms with Crippen LogP contribution in [0.25, 0.3) is 0 Å². The smallest absolute Gasteiger partial charge is 0.271 e. The highest BCUT2D eigenvalue weighted by molar-refractivity contribution is 7.98. The molecular formula is C11H15F3N2S. The van der Waals surface area contributed by atoms with Crippen LogP contribution < -0.4 is 11.3 Å². The molecule has 1 aromatic carbocycles. The lowest BCUT2D eigenvalue weighted by atomic mass is 10.0. The Kier molecular flexibility index (Phi) is 5.30. The number of hydrogen-bond donors (Lipinski definition) is 2. The Bertz CT molecular complexity index is 338. The molecule has 0 aliphatic carbocycles. The number of alkyl halides is 3. The van der Waals surface area contributed by atoms with Gasteiger partial charge in [-0.3, -0.25) is 11.3 Å². The molecule has 0 heterocycles. The number of nitrogens with one attached hydrogen (secondary N) is 1. The Hall–Kier alpha value is -0.720. The third-order valence-electron chi connectivity index (χ3n) is 2.44. The number of nitrogens with two attached hydrogens (primary N) is 1. The summed E-state index contributed by atoms with van der Waals surface area (Å²) < 4.78 is 36.3. The number of benzene rings is 1. The molecule has 2 nitrogen and oxygen atoms in total. The standard InChI is InChI=1S/C11H15F3N2S/c1-17-9-4-2-8(3-5-9)10(16-15)6-7-11(12,13)14/h2-5,10,16H,6-7,15H2,1H3. The van der Waals surface area contributed by atoms with Crippen molar-refractivity contribution in [2.75, 3.05) is 6.26 Å². The van der Waals surface area contributed by atoms with E-state index in [-0.39, 0.29) is 6.42 Å². The van der Waals surface area contributed by atoms with Gasteiger partial charge in [-0.2, -0.15) is 13.2 Å². The van der Waals surface area contributed by atoms with Crippen LogP contribution in [0.5, 0.6) is 0 Å². The van der Waals surface area contributed by atoms with Crippen molar-refractivity contribution in [2.45, 2.75) is 30.0 Å². The Balaban J connectivity index is 2.66. The highest BCUT2D eigenvalue weighted by Crippen LogP contribution is 2.28. The number of rotatable bonds is 5. The fourth-order valence-electron chi connectivity index (χ4n) is 1.49. The maximum absolute atomic E-state index is 12.1. The van der Waals surface area contributed by atoms with Crippen molar-refractivity contribution < 1.29 is 13.2 Å². The molecule has 17 heavy (non-hydrogen) atoms. The molecule has 0 aromatic heterocycles. The number of thioether (sulfide) groups is 1. The largest absolute Gasteiger partial charge is 0.389 e. The van der Waals surface area contributed by atoms with Crippen LogP contribution in [0.3, 0.4) is 0 Å². The molecule has 0 aliphatic heterocycles. The molecule has 6 heteroatoms. The molecular weight excluding hydrogens is 249 g/mol. The van der Waals surface area contributed by atoms with E-state index in [1.54, 1.807) is 23.9 Å². The van der Waals surface area contributed by atoms with Crippen molar-refractivity contribution in [3.05, 3.63) is 29.8 Å². The lowest BCUT2D eigenvalue weighted by Gasteiger charge is -2.17. The molecule has 1 rings (SSSR count). The van der Waals surface area contributed by atoms with Crippen LogP contribution in [-0.2, 0) is 0 Å². The molecule has 0 spiro atoms. The van der Waals surface area contributed by atoms with E-state index < -0.39 is 18.6 Å². The minimum absolute atomic E-state index is 0.0569. The highest BCUT2D eigenvalue weighted by Gasteiger charge is 2.28.